The highest BCUT2D eigenvalue weighted by Crippen LogP contribution is 2.21. The molecule has 2 aromatic rings. The van der Waals surface area contributed by atoms with Gasteiger partial charge in [0.15, 0.2) is 0 Å². The minimum Gasteiger partial charge on any atom is -0.327 e. The Morgan fingerprint density at radius 3 is 2.90 bits per heavy atom. The van der Waals surface area contributed by atoms with Gasteiger partial charge in [-0.1, -0.05) is 6.42 Å². The highest BCUT2D eigenvalue weighted by Gasteiger charge is 2.26. The fourth-order valence-corrected chi connectivity index (χ4v) is 3.41. The van der Waals surface area contributed by atoms with E-state index in [4.69, 9.17) is 10.7 Å². The fourth-order valence-electron chi connectivity index (χ4n) is 3.41. The first kappa shape index (κ1) is 14.5. The van der Waals surface area contributed by atoms with Crippen LogP contribution in [0, 0.1) is 13.8 Å². The van der Waals surface area contributed by atoms with Crippen molar-refractivity contribution in [2.24, 2.45) is 5.73 Å². The maximum atomic E-state index is 6.15. The van der Waals surface area contributed by atoms with Gasteiger partial charge < -0.3 is 5.73 Å². The van der Waals surface area contributed by atoms with Crippen LogP contribution in [0.1, 0.15) is 43.3 Å². The van der Waals surface area contributed by atoms with Crippen molar-refractivity contribution in [2.75, 3.05) is 6.54 Å². The number of fused-ring (bicyclic) bond motifs is 1. The predicted molar refractivity (Wildman–Crippen MR) is 84.2 cm³/mol. The Bertz CT molecular complexity index is 631. The van der Waals surface area contributed by atoms with Gasteiger partial charge in [0, 0.05) is 36.2 Å². The zero-order valence-corrected chi connectivity index (χ0v) is 13.2. The Labute approximate surface area is 126 Å². The lowest BCUT2D eigenvalue weighted by atomic mass is 9.97. The highest BCUT2D eigenvalue weighted by atomic mass is 15.2. The number of rotatable bonds is 3. The number of nitrogens with zero attached hydrogens (tertiary/aromatic N) is 4. The monoisotopic (exact) mass is 287 g/mol. The lowest BCUT2D eigenvalue weighted by molar-refractivity contribution is 0.121. The van der Waals surface area contributed by atoms with E-state index in [-0.39, 0.29) is 6.04 Å². The lowest BCUT2D eigenvalue weighted by Crippen LogP contribution is -2.48. The van der Waals surface area contributed by atoms with Crippen LogP contribution in [0.5, 0.6) is 0 Å². The number of nitrogens with two attached hydrogens (primary N) is 1. The van der Waals surface area contributed by atoms with Crippen LogP contribution < -0.4 is 5.73 Å². The molecule has 114 valence electrons. The van der Waals surface area contributed by atoms with Gasteiger partial charge in [-0.25, -0.2) is 9.97 Å². The molecule has 1 aliphatic rings. The number of aryl methyl sites for hydroxylation is 2. The van der Waals surface area contributed by atoms with E-state index in [1.54, 1.807) is 0 Å². The van der Waals surface area contributed by atoms with E-state index in [2.05, 4.69) is 40.4 Å². The van der Waals surface area contributed by atoms with E-state index >= 15 is 0 Å². The molecule has 5 heteroatoms. The Morgan fingerprint density at radius 1 is 1.33 bits per heavy atom. The Hall–Kier alpha value is -1.46. The quantitative estimate of drug-likeness (QED) is 0.938. The van der Waals surface area contributed by atoms with Crippen molar-refractivity contribution in [1.29, 1.82) is 0 Å². The van der Waals surface area contributed by atoms with Crippen molar-refractivity contribution < 1.29 is 0 Å². The molecular weight excluding hydrogens is 262 g/mol. The molecule has 21 heavy (non-hydrogen) atoms. The smallest absolute Gasteiger partial charge is 0.234 e. The maximum absolute atomic E-state index is 6.15. The normalized spacial score (nSPS) is 21.8. The van der Waals surface area contributed by atoms with Gasteiger partial charge in [0.25, 0.3) is 0 Å². The molecule has 0 saturated carbocycles. The van der Waals surface area contributed by atoms with Crippen molar-refractivity contribution in [2.45, 2.75) is 58.7 Å². The van der Waals surface area contributed by atoms with Crippen LogP contribution in [0.3, 0.4) is 0 Å². The summed E-state index contributed by atoms with van der Waals surface area (Å²) < 4.78 is 2.08. The summed E-state index contributed by atoms with van der Waals surface area (Å²) in [5.74, 6) is 0.803. The summed E-state index contributed by atoms with van der Waals surface area (Å²) in [7, 11) is 0. The van der Waals surface area contributed by atoms with E-state index in [0.29, 0.717) is 6.04 Å². The van der Waals surface area contributed by atoms with Gasteiger partial charge in [0.1, 0.15) is 0 Å². The van der Waals surface area contributed by atoms with Crippen LogP contribution in [0.2, 0.25) is 0 Å². The number of imidazole rings is 1. The molecule has 1 saturated heterocycles. The average Bonchev–Trinajstić information content (AvgIpc) is 2.81. The van der Waals surface area contributed by atoms with Crippen molar-refractivity contribution in [3.8, 4) is 0 Å². The Kier molecular flexibility index (Phi) is 3.95. The third-order valence-corrected chi connectivity index (χ3v) is 4.45. The minimum absolute atomic E-state index is 0.212. The SMILES string of the molecule is Cc1cc(C)n2cc(CN3CCCCC3C(C)N)nc2n1. The first-order valence-corrected chi connectivity index (χ1v) is 7.86. The molecule has 1 aliphatic heterocycles. The van der Waals surface area contributed by atoms with E-state index in [1.807, 2.05) is 6.92 Å². The zero-order valence-electron chi connectivity index (χ0n) is 13.2. The largest absolute Gasteiger partial charge is 0.327 e. The summed E-state index contributed by atoms with van der Waals surface area (Å²) in [6.07, 6.45) is 5.85. The summed E-state index contributed by atoms with van der Waals surface area (Å²) in [6.45, 7) is 8.21. The van der Waals surface area contributed by atoms with Crippen LogP contribution in [0.4, 0.5) is 0 Å². The Balaban J connectivity index is 1.85. The molecule has 0 bridgehead atoms. The first-order chi connectivity index (χ1) is 10.0. The summed E-state index contributed by atoms with van der Waals surface area (Å²) in [6, 6.07) is 2.77. The highest BCUT2D eigenvalue weighted by molar-refractivity contribution is 5.34. The van der Waals surface area contributed by atoms with Gasteiger partial charge in [0.2, 0.25) is 5.78 Å². The first-order valence-electron chi connectivity index (χ1n) is 7.86. The van der Waals surface area contributed by atoms with E-state index in [1.165, 1.54) is 25.0 Å². The van der Waals surface area contributed by atoms with Gasteiger partial charge in [-0.15, -0.1) is 0 Å². The number of aromatic nitrogens is 3. The van der Waals surface area contributed by atoms with Gasteiger partial charge in [0.05, 0.1) is 5.69 Å². The fraction of sp³-hybridized carbons (Fsp3) is 0.625. The molecule has 0 aliphatic carbocycles. The molecule has 0 amide bonds. The third-order valence-electron chi connectivity index (χ3n) is 4.45. The minimum atomic E-state index is 0.212. The molecule has 3 rings (SSSR count). The van der Waals surface area contributed by atoms with Crippen molar-refractivity contribution in [3.63, 3.8) is 0 Å². The van der Waals surface area contributed by atoms with Crippen LogP contribution in [-0.4, -0.2) is 37.9 Å². The third kappa shape index (κ3) is 2.94. The predicted octanol–water partition coefficient (Wildman–Crippen LogP) is 2.05. The number of piperidine rings is 1. The van der Waals surface area contributed by atoms with Gasteiger partial charge >= 0.3 is 0 Å². The summed E-state index contributed by atoms with van der Waals surface area (Å²) in [4.78, 5) is 11.7. The number of likely N-dealkylation sites (tertiary alicyclic amines) is 1. The second kappa shape index (κ2) is 5.73. The van der Waals surface area contributed by atoms with Gasteiger partial charge in [-0.3, -0.25) is 9.30 Å². The zero-order chi connectivity index (χ0) is 15.0. The molecule has 0 aromatic carbocycles. The topological polar surface area (TPSA) is 59.5 Å². The van der Waals surface area contributed by atoms with Crippen LogP contribution in [0.15, 0.2) is 12.3 Å². The average molecular weight is 287 g/mol. The van der Waals surface area contributed by atoms with E-state index in [0.717, 1.165) is 30.3 Å². The molecule has 2 unspecified atom stereocenters. The van der Waals surface area contributed by atoms with Crippen LogP contribution in [-0.2, 0) is 6.54 Å². The number of hydrogen-bond acceptors (Lipinski definition) is 4. The lowest BCUT2D eigenvalue weighted by Gasteiger charge is -2.37. The van der Waals surface area contributed by atoms with Crippen molar-refractivity contribution in [1.82, 2.24) is 19.3 Å². The number of hydrogen-bond donors (Lipinski definition) is 1. The second-order valence-corrected chi connectivity index (χ2v) is 6.33. The van der Waals surface area contributed by atoms with E-state index < -0.39 is 0 Å². The molecule has 0 spiro atoms. The molecular formula is C16H25N5. The van der Waals surface area contributed by atoms with E-state index in [9.17, 15) is 0 Å². The summed E-state index contributed by atoms with van der Waals surface area (Å²) >= 11 is 0. The summed E-state index contributed by atoms with van der Waals surface area (Å²) in [5, 5.41) is 0. The maximum Gasteiger partial charge on any atom is 0.234 e. The molecule has 2 atom stereocenters. The Morgan fingerprint density at radius 2 is 2.14 bits per heavy atom. The molecule has 0 radical (unpaired) electrons. The molecule has 1 fully saturated rings. The van der Waals surface area contributed by atoms with Gasteiger partial charge in [-0.05, 0) is 46.2 Å². The second-order valence-electron chi connectivity index (χ2n) is 6.33. The molecule has 2 N–H and O–H groups in total. The van der Waals surface area contributed by atoms with Crippen LogP contribution >= 0.6 is 0 Å². The van der Waals surface area contributed by atoms with Crippen LogP contribution in [0.25, 0.3) is 5.78 Å². The molecule has 3 heterocycles. The summed E-state index contributed by atoms with van der Waals surface area (Å²) in [5.41, 5.74) is 9.43. The van der Waals surface area contributed by atoms with Crippen molar-refractivity contribution >= 4 is 5.78 Å². The molecule has 5 nitrogen and oxygen atoms in total. The van der Waals surface area contributed by atoms with Gasteiger partial charge in [-0.2, -0.15) is 0 Å². The molecule has 2 aromatic heterocycles. The van der Waals surface area contributed by atoms with Crippen molar-refractivity contribution in [3.05, 3.63) is 29.3 Å². The standard InChI is InChI=1S/C16H25N5/c1-11-8-12(2)21-10-14(19-16(21)18-11)9-20-7-5-4-6-15(20)13(3)17/h8,10,13,15H,4-7,9,17H2,1-3H3.